The molecule has 0 atom stereocenters. The van der Waals surface area contributed by atoms with Crippen molar-refractivity contribution < 1.29 is 19.2 Å². The van der Waals surface area contributed by atoms with Gasteiger partial charge in [-0.2, -0.15) is 0 Å². The third-order valence-electron chi connectivity index (χ3n) is 3.01. The van der Waals surface area contributed by atoms with Crippen molar-refractivity contribution in [1.29, 1.82) is 0 Å². The first-order chi connectivity index (χ1) is 8.04. The van der Waals surface area contributed by atoms with Crippen molar-refractivity contribution in [3.63, 3.8) is 0 Å². The standard InChI is InChI=1S/C11H16N2O4/c1-3-11(4-2,10(15)16)7-9(14)12-8-5-6-17-13-8/h5-6H,3-4,7H2,1-2H3,(H,15,16)(H,12,13,14). The van der Waals surface area contributed by atoms with E-state index in [4.69, 9.17) is 0 Å². The van der Waals surface area contributed by atoms with Gasteiger partial charge in [-0.25, -0.2) is 0 Å². The highest BCUT2D eigenvalue weighted by Crippen LogP contribution is 2.31. The molecule has 17 heavy (non-hydrogen) atoms. The summed E-state index contributed by atoms with van der Waals surface area (Å²) in [6, 6.07) is 1.50. The monoisotopic (exact) mass is 240 g/mol. The van der Waals surface area contributed by atoms with E-state index in [1.165, 1.54) is 12.3 Å². The molecular weight excluding hydrogens is 224 g/mol. The minimum atomic E-state index is -1.01. The quantitative estimate of drug-likeness (QED) is 0.792. The van der Waals surface area contributed by atoms with Gasteiger partial charge < -0.3 is 14.9 Å². The molecule has 0 aromatic carbocycles. The lowest BCUT2D eigenvalue weighted by Gasteiger charge is -2.25. The summed E-state index contributed by atoms with van der Waals surface area (Å²) in [4.78, 5) is 22.9. The molecule has 0 fully saturated rings. The lowest BCUT2D eigenvalue weighted by Crippen LogP contribution is -2.34. The van der Waals surface area contributed by atoms with Crippen LogP contribution in [0.3, 0.4) is 0 Å². The van der Waals surface area contributed by atoms with Gasteiger partial charge in [-0.15, -0.1) is 0 Å². The maximum absolute atomic E-state index is 11.7. The van der Waals surface area contributed by atoms with Gasteiger partial charge in [0.25, 0.3) is 0 Å². The molecule has 94 valence electrons. The summed E-state index contributed by atoms with van der Waals surface area (Å²) in [5.41, 5.74) is -1.01. The molecule has 1 amide bonds. The molecule has 0 aliphatic carbocycles. The molecule has 0 saturated heterocycles. The first-order valence-electron chi connectivity index (χ1n) is 5.47. The van der Waals surface area contributed by atoms with Gasteiger partial charge in [0.15, 0.2) is 5.82 Å². The van der Waals surface area contributed by atoms with Crippen molar-refractivity contribution in [3.8, 4) is 0 Å². The molecule has 1 aromatic heterocycles. The summed E-state index contributed by atoms with van der Waals surface area (Å²) in [5.74, 6) is -1.02. The van der Waals surface area contributed by atoms with Crippen LogP contribution in [0.5, 0.6) is 0 Å². The molecular formula is C11H16N2O4. The van der Waals surface area contributed by atoms with E-state index in [9.17, 15) is 14.7 Å². The summed E-state index contributed by atoms with van der Waals surface area (Å²) in [6.45, 7) is 3.53. The average Bonchev–Trinajstić information content (AvgIpc) is 2.78. The zero-order chi connectivity index (χ0) is 12.9. The van der Waals surface area contributed by atoms with Crippen molar-refractivity contribution >= 4 is 17.7 Å². The normalized spacial score (nSPS) is 11.2. The molecule has 1 rings (SSSR count). The van der Waals surface area contributed by atoms with Gasteiger partial charge in [-0.3, -0.25) is 9.59 Å². The largest absolute Gasteiger partial charge is 0.481 e. The van der Waals surface area contributed by atoms with Gasteiger partial charge in [0.05, 0.1) is 5.41 Å². The number of aliphatic carboxylic acids is 1. The molecule has 0 aliphatic rings. The average molecular weight is 240 g/mol. The minimum absolute atomic E-state index is 0.0673. The van der Waals surface area contributed by atoms with E-state index in [0.29, 0.717) is 18.7 Å². The van der Waals surface area contributed by atoms with Gasteiger partial charge in [0.2, 0.25) is 5.91 Å². The number of hydrogen-bond acceptors (Lipinski definition) is 4. The Morgan fingerprint density at radius 1 is 1.47 bits per heavy atom. The zero-order valence-electron chi connectivity index (χ0n) is 9.90. The highest BCUT2D eigenvalue weighted by molar-refractivity contribution is 5.93. The van der Waals surface area contributed by atoms with Crippen molar-refractivity contribution in [2.24, 2.45) is 5.41 Å². The minimum Gasteiger partial charge on any atom is -0.481 e. The van der Waals surface area contributed by atoms with E-state index >= 15 is 0 Å². The van der Waals surface area contributed by atoms with Crippen molar-refractivity contribution in [2.45, 2.75) is 33.1 Å². The maximum atomic E-state index is 11.7. The molecule has 6 heteroatoms. The molecule has 2 N–H and O–H groups in total. The Hall–Kier alpha value is -1.85. The predicted octanol–water partition coefficient (Wildman–Crippen LogP) is 1.89. The maximum Gasteiger partial charge on any atom is 0.310 e. The molecule has 1 heterocycles. The van der Waals surface area contributed by atoms with Crippen molar-refractivity contribution in [2.75, 3.05) is 5.32 Å². The summed E-state index contributed by atoms with van der Waals surface area (Å²) in [5, 5.41) is 15.2. The molecule has 0 spiro atoms. The van der Waals surface area contributed by atoms with Crippen LogP contribution in [0.4, 0.5) is 5.82 Å². The van der Waals surface area contributed by atoms with Gasteiger partial charge in [-0.1, -0.05) is 19.0 Å². The Morgan fingerprint density at radius 3 is 2.53 bits per heavy atom. The zero-order valence-corrected chi connectivity index (χ0v) is 9.90. The highest BCUT2D eigenvalue weighted by atomic mass is 16.5. The lowest BCUT2D eigenvalue weighted by atomic mass is 9.79. The van der Waals surface area contributed by atoms with Crippen LogP contribution in [-0.2, 0) is 9.59 Å². The fourth-order valence-electron chi connectivity index (χ4n) is 1.65. The Balaban J connectivity index is 2.68. The summed E-state index contributed by atoms with van der Waals surface area (Å²) < 4.78 is 4.56. The Labute approximate surface area is 99.0 Å². The molecule has 6 nitrogen and oxygen atoms in total. The number of amides is 1. The first-order valence-corrected chi connectivity index (χ1v) is 5.47. The number of carbonyl (C=O) groups is 2. The number of carboxylic acid groups (broad SMARTS) is 1. The number of rotatable bonds is 6. The second kappa shape index (κ2) is 5.47. The fraction of sp³-hybridized carbons (Fsp3) is 0.545. The van der Waals surface area contributed by atoms with E-state index < -0.39 is 11.4 Å². The Kier molecular flexibility index (Phi) is 4.25. The number of nitrogens with zero attached hydrogens (tertiary/aromatic N) is 1. The van der Waals surface area contributed by atoms with Crippen molar-refractivity contribution in [3.05, 3.63) is 12.3 Å². The van der Waals surface area contributed by atoms with E-state index in [2.05, 4.69) is 15.0 Å². The second-order valence-electron chi connectivity index (χ2n) is 3.90. The summed E-state index contributed by atoms with van der Waals surface area (Å²) in [6.07, 6.45) is 2.08. The second-order valence-corrected chi connectivity index (χ2v) is 3.90. The molecule has 1 aromatic rings. The van der Waals surface area contributed by atoms with Crippen LogP contribution >= 0.6 is 0 Å². The summed E-state index contributed by atoms with van der Waals surface area (Å²) in [7, 11) is 0. The number of anilines is 1. The Bertz CT molecular complexity index is 382. The van der Waals surface area contributed by atoms with Crippen LogP contribution in [0.25, 0.3) is 0 Å². The molecule has 0 radical (unpaired) electrons. The Morgan fingerprint density at radius 2 is 2.12 bits per heavy atom. The van der Waals surface area contributed by atoms with E-state index in [1.54, 1.807) is 13.8 Å². The van der Waals surface area contributed by atoms with E-state index in [1.807, 2.05) is 0 Å². The van der Waals surface area contributed by atoms with Crippen molar-refractivity contribution in [1.82, 2.24) is 5.16 Å². The SMILES string of the molecule is CCC(CC)(CC(=O)Nc1ccon1)C(=O)O. The van der Waals surface area contributed by atoms with Gasteiger partial charge >= 0.3 is 5.97 Å². The predicted molar refractivity (Wildman–Crippen MR) is 60.4 cm³/mol. The van der Waals surface area contributed by atoms with Gasteiger partial charge in [0.1, 0.15) is 6.26 Å². The first kappa shape index (κ1) is 13.2. The van der Waals surface area contributed by atoms with Gasteiger partial charge in [-0.05, 0) is 12.8 Å². The number of hydrogen-bond donors (Lipinski definition) is 2. The van der Waals surface area contributed by atoms with Crippen LogP contribution in [0.15, 0.2) is 16.9 Å². The van der Waals surface area contributed by atoms with Crippen LogP contribution in [0, 0.1) is 5.41 Å². The fourth-order valence-corrected chi connectivity index (χ4v) is 1.65. The van der Waals surface area contributed by atoms with Crippen LogP contribution < -0.4 is 5.32 Å². The van der Waals surface area contributed by atoms with E-state index in [0.717, 1.165) is 0 Å². The van der Waals surface area contributed by atoms with Crippen LogP contribution in [-0.4, -0.2) is 22.1 Å². The van der Waals surface area contributed by atoms with E-state index in [-0.39, 0.29) is 12.3 Å². The number of aromatic nitrogens is 1. The topological polar surface area (TPSA) is 92.4 Å². The van der Waals surface area contributed by atoms with Gasteiger partial charge in [0, 0.05) is 12.5 Å². The number of carbonyl (C=O) groups excluding carboxylic acids is 1. The highest BCUT2D eigenvalue weighted by Gasteiger charge is 2.37. The molecule has 0 bridgehead atoms. The third kappa shape index (κ3) is 3.05. The van der Waals surface area contributed by atoms with Crippen LogP contribution in [0.2, 0.25) is 0 Å². The molecule has 0 unspecified atom stereocenters. The smallest absolute Gasteiger partial charge is 0.310 e. The molecule has 0 aliphatic heterocycles. The summed E-state index contributed by atoms with van der Waals surface area (Å²) >= 11 is 0. The number of carboxylic acids is 1. The third-order valence-corrected chi connectivity index (χ3v) is 3.01. The number of nitrogens with one attached hydrogen (secondary N) is 1. The molecule has 0 saturated carbocycles. The van der Waals surface area contributed by atoms with Crippen LogP contribution in [0.1, 0.15) is 33.1 Å². The lowest BCUT2D eigenvalue weighted by molar-refractivity contribution is -0.151.